The number of aliphatic hydroxyl groups excluding tert-OH is 1. The lowest BCUT2D eigenvalue weighted by Crippen LogP contribution is -2.16. The minimum Gasteiger partial charge on any atom is -0.478 e. The van der Waals surface area contributed by atoms with Crippen molar-refractivity contribution in [3.8, 4) is 0 Å². The molecule has 0 aromatic rings. The van der Waals surface area contributed by atoms with Crippen molar-refractivity contribution in [3.63, 3.8) is 0 Å². The van der Waals surface area contributed by atoms with Crippen molar-refractivity contribution in [1.82, 2.24) is 0 Å². The van der Waals surface area contributed by atoms with Gasteiger partial charge in [0.05, 0.1) is 6.10 Å². The zero-order chi connectivity index (χ0) is 10.3. The van der Waals surface area contributed by atoms with Crippen LogP contribution in [0.5, 0.6) is 0 Å². The predicted octanol–water partition coefficient (Wildman–Crippen LogP) is -0.0587. The van der Waals surface area contributed by atoms with Crippen LogP contribution in [0.4, 0.5) is 0 Å². The van der Waals surface area contributed by atoms with E-state index in [1.54, 1.807) is 6.92 Å². The van der Waals surface area contributed by atoms with E-state index in [4.69, 9.17) is 10.2 Å². The van der Waals surface area contributed by atoms with E-state index in [2.05, 4.69) is 4.74 Å². The van der Waals surface area contributed by atoms with Gasteiger partial charge in [0.2, 0.25) is 0 Å². The fourth-order valence-corrected chi connectivity index (χ4v) is 0.484. The molecule has 0 aliphatic heterocycles. The van der Waals surface area contributed by atoms with Crippen LogP contribution in [0.25, 0.3) is 0 Å². The molecule has 0 spiro atoms. The van der Waals surface area contributed by atoms with E-state index in [0.29, 0.717) is 12.5 Å². The maximum Gasteiger partial charge on any atom is 0.331 e. The number of esters is 1. The number of aliphatic hydroxyl groups is 1. The number of aliphatic carboxylic acids is 1. The minimum atomic E-state index is -1.21. The molecule has 74 valence electrons. The Morgan fingerprint density at radius 1 is 1.46 bits per heavy atom. The van der Waals surface area contributed by atoms with Crippen LogP contribution in [-0.4, -0.2) is 34.9 Å². The summed E-state index contributed by atoms with van der Waals surface area (Å²) in [5.74, 6) is -1.98. The van der Waals surface area contributed by atoms with E-state index in [1.165, 1.54) is 0 Å². The predicted molar refractivity (Wildman–Crippen MR) is 44.0 cm³/mol. The Balaban J connectivity index is 3.69. The average molecular weight is 188 g/mol. The van der Waals surface area contributed by atoms with Gasteiger partial charge in [-0.3, -0.25) is 0 Å². The van der Waals surface area contributed by atoms with E-state index in [1.807, 2.05) is 0 Å². The van der Waals surface area contributed by atoms with Crippen LogP contribution in [0.3, 0.4) is 0 Å². The van der Waals surface area contributed by atoms with Crippen molar-refractivity contribution in [2.75, 3.05) is 6.61 Å². The molecule has 2 N–H and O–H groups in total. The summed E-state index contributed by atoms with van der Waals surface area (Å²) in [5, 5.41) is 17.1. The summed E-state index contributed by atoms with van der Waals surface area (Å²) in [6.07, 6.45) is 1.27. The first kappa shape index (κ1) is 11.6. The third-order valence-corrected chi connectivity index (χ3v) is 1.25. The van der Waals surface area contributed by atoms with E-state index >= 15 is 0 Å². The molecule has 0 saturated carbocycles. The fourth-order valence-electron chi connectivity index (χ4n) is 0.484. The van der Waals surface area contributed by atoms with Gasteiger partial charge in [0.15, 0.2) is 0 Å². The van der Waals surface area contributed by atoms with Crippen molar-refractivity contribution in [3.05, 3.63) is 12.2 Å². The Bertz CT molecular complexity index is 209. The Labute approximate surface area is 75.6 Å². The second-order valence-electron chi connectivity index (χ2n) is 2.36. The summed E-state index contributed by atoms with van der Waals surface area (Å²) in [7, 11) is 0. The third-order valence-electron chi connectivity index (χ3n) is 1.25. The van der Waals surface area contributed by atoms with Gasteiger partial charge in [0, 0.05) is 12.2 Å². The van der Waals surface area contributed by atoms with Gasteiger partial charge in [-0.15, -0.1) is 0 Å². The molecule has 0 amide bonds. The number of hydrogen-bond donors (Lipinski definition) is 2. The summed E-state index contributed by atoms with van der Waals surface area (Å²) in [6.45, 7) is 1.63. The van der Waals surface area contributed by atoms with Crippen LogP contribution in [0.1, 0.15) is 13.3 Å². The largest absolute Gasteiger partial charge is 0.478 e. The van der Waals surface area contributed by atoms with Gasteiger partial charge in [-0.2, -0.15) is 0 Å². The Morgan fingerprint density at radius 2 is 2.08 bits per heavy atom. The van der Waals surface area contributed by atoms with Crippen LogP contribution in [0, 0.1) is 0 Å². The molecule has 13 heavy (non-hydrogen) atoms. The lowest BCUT2D eigenvalue weighted by Gasteiger charge is -2.06. The van der Waals surface area contributed by atoms with Gasteiger partial charge in [-0.25, -0.2) is 9.59 Å². The summed E-state index contributed by atoms with van der Waals surface area (Å²) in [4.78, 5) is 20.6. The number of rotatable bonds is 5. The summed E-state index contributed by atoms with van der Waals surface area (Å²) < 4.78 is 4.51. The highest BCUT2D eigenvalue weighted by Crippen LogP contribution is 1.91. The number of ether oxygens (including phenoxy) is 1. The average Bonchev–Trinajstić information content (AvgIpc) is 2.10. The molecule has 0 fully saturated rings. The first-order valence-electron chi connectivity index (χ1n) is 3.82. The molecular formula is C8H12O5. The van der Waals surface area contributed by atoms with Crippen molar-refractivity contribution in [1.29, 1.82) is 0 Å². The van der Waals surface area contributed by atoms with Crippen LogP contribution in [0.15, 0.2) is 12.2 Å². The molecule has 0 saturated heterocycles. The Kier molecular flexibility index (Phi) is 5.54. The molecule has 1 atom stereocenters. The quantitative estimate of drug-likeness (QED) is 0.466. The lowest BCUT2D eigenvalue weighted by atomic mass is 10.3. The van der Waals surface area contributed by atoms with Crippen molar-refractivity contribution in [2.45, 2.75) is 19.4 Å². The standard InChI is InChI=1S/C8H12O5/c1-2-6(9)5-13-8(12)4-3-7(10)11/h3-4,6,9H,2,5H2,1H3,(H,10,11)/b4-3-. The van der Waals surface area contributed by atoms with Gasteiger partial charge in [-0.1, -0.05) is 6.92 Å². The number of carboxylic acid groups (broad SMARTS) is 1. The molecule has 0 aliphatic carbocycles. The molecule has 0 rings (SSSR count). The second-order valence-corrected chi connectivity index (χ2v) is 2.36. The van der Waals surface area contributed by atoms with E-state index in [-0.39, 0.29) is 6.61 Å². The molecule has 0 aliphatic rings. The molecule has 0 heterocycles. The van der Waals surface area contributed by atoms with Crippen molar-refractivity contribution >= 4 is 11.9 Å². The van der Waals surface area contributed by atoms with Gasteiger partial charge in [0.1, 0.15) is 6.61 Å². The van der Waals surface area contributed by atoms with Crippen LogP contribution >= 0.6 is 0 Å². The molecule has 0 aromatic carbocycles. The second kappa shape index (κ2) is 6.19. The summed E-state index contributed by atoms with van der Waals surface area (Å²) in [5.41, 5.74) is 0. The maximum atomic E-state index is 10.7. The highest BCUT2D eigenvalue weighted by Gasteiger charge is 2.03. The SMILES string of the molecule is CCC(O)COC(=O)/C=C\C(=O)O. The zero-order valence-corrected chi connectivity index (χ0v) is 7.27. The molecule has 0 bridgehead atoms. The van der Waals surface area contributed by atoms with Gasteiger partial charge in [0.25, 0.3) is 0 Å². The summed E-state index contributed by atoms with van der Waals surface area (Å²) in [6, 6.07) is 0. The van der Waals surface area contributed by atoms with Crippen molar-refractivity contribution in [2.24, 2.45) is 0 Å². The van der Waals surface area contributed by atoms with E-state index in [0.717, 1.165) is 6.08 Å². The highest BCUT2D eigenvalue weighted by molar-refractivity contribution is 5.90. The summed E-state index contributed by atoms with van der Waals surface area (Å²) >= 11 is 0. The van der Waals surface area contributed by atoms with E-state index < -0.39 is 18.0 Å². The third kappa shape index (κ3) is 7.02. The molecule has 5 nitrogen and oxygen atoms in total. The highest BCUT2D eigenvalue weighted by atomic mass is 16.5. The van der Waals surface area contributed by atoms with Gasteiger partial charge >= 0.3 is 11.9 Å². The van der Waals surface area contributed by atoms with Gasteiger partial charge in [-0.05, 0) is 6.42 Å². The molecular weight excluding hydrogens is 176 g/mol. The van der Waals surface area contributed by atoms with Crippen LogP contribution in [0.2, 0.25) is 0 Å². The number of hydrogen-bond acceptors (Lipinski definition) is 4. The minimum absolute atomic E-state index is 0.112. The first-order valence-corrected chi connectivity index (χ1v) is 3.82. The fraction of sp³-hybridized carbons (Fsp3) is 0.500. The topological polar surface area (TPSA) is 83.8 Å². The van der Waals surface area contributed by atoms with Crippen molar-refractivity contribution < 1.29 is 24.5 Å². The smallest absolute Gasteiger partial charge is 0.331 e. The number of carboxylic acids is 1. The van der Waals surface area contributed by atoms with Gasteiger partial charge < -0.3 is 14.9 Å². The van der Waals surface area contributed by atoms with E-state index in [9.17, 15) is 9.59 Å². The Morgan fingerprint density at radius 3 is 2.54 bits per heavy atom. The molecule has 0 radical (unpaired) electrons. The normalized spacial score (nSPS) is 12.8. The molecule has 1 unspecified atom stereocenters. The Hall–Kier alpha value is -1.36. The number of carbonyl (C=O) groups is 2. The molecule has 5 heteroatoms. The zero-order valence-electron chi connectivity index (χ0n) is 7.27. The number of carbonyl (C=O) groups excluding carboxylic acids is 1. The first-order chi connectivity index (χ1) is 6.06. The molecule has 0 aromatic heterocycles. The monoisotopic (exact) mass is 188 g/mol. The van der Waals surface area contributed by atoms with Crippen LogP contribution < -0.4 is 0 Å². The lowest BCUT2D eigenvalue weighted by molar-refractivity contribution is -0.141. The van der Waals surface area contributed by atoms with Crippen LogP contribution in [-0.2, 0) is 14.3 Å². The maximum absolute atomic E-state index is 10.7.